The van der Waals surface area contributed by atoms with Crippen molar-refractivity contribution < 1.29 is 29.0 Å². The summed E-state index contributed by atoms with van der Waals surface area (Å²) in [4.78, 5) is 32.9. The van der Waals surface area contributed by atoms with Crippen molar-refractivity contribution in [2.45, 2.75) is 13.8 Å². The van der Waals surface area contributed by atoms with Gasteiger partial charge in [-0.3, -0.25) is 9.59 Å². The predicted molar refractivity (Wildman–Crippen MR) is 66.0 cm³/mol. The molecule has 0 radical (unpaired) electrons. The standard InChI is InChI=1S/C11H8Cl2O6/c1-4(14)18-9-7(12)3-6(11(16)17)8(13)10(9)19-5(2)15/h3H,1-2H3,(H,16,17). The molecule has 0 amide bonds. The molecule has 1 rings (SSSR count). The lowest BCUT2D eigenvalue weighted by molar-refractivity contribution is -0.134. The van der Waals surface area contributed by atoms with Crippen LogP contribution in [0.15, 0.2) is 6.07 Å². The van der Waals surface area contributed by atoms with Gasteiger partial charge in [-0.25, -0.2) is 4.79 Å². The predicted octanol–water partition coefficient (Wildman–Crippen LogP) is 2.54. The van der Waals surface area contributed by atoms with Crippen LogP contribution in [0.5, 0.6) is 11.5 Å². The molecule has 0 aliphatic rings. The fraction of sp³-hybridized carbons (Fsp3) is 0.182. The van der Waals surface area contributed by atoms with Crippen molar-refractivity contribution in [3.05, 3.63) is 21.7 Å². The maximum Gasteiger partial charge on any atom is 0.337 e. The molecule has 0 aromatic heterocycles. The van der Waals surface area contributed by atoms with Crippen molar-refractivity contribution in [3.63, 3.8) is 0 Å². The van der Waals surface area contributed by atoms with Gasteiger partial charge in [-0.05, 0) is 6.07 Å². The number of hydrogen-bond donors (Lipinski definition) is 1. The van der Waals surface area contributed by atoms with Gasteiger partial charge in [0.15, 0.2) is 11.5 Å². The Balaban J connectivity index is 3.52. The van der Waals surface area contributed by atoms with Gasteiger partial charge in [0.05, 0.1) is 10.6 Å². The molecule has 102 valence electrons. The fourth-order valence-electron chi connectivity index (χ4n) is 1.22. The number of benzene rings is 1. The lowest BCUT2D eigenvalue weighted by Crippen LogP contribution is -2.10. The summed E-state index contributed by atoms with van der Waals surface area (Å²) in [6, 6.07) is 0.998. The number of carbonyl (C=O) groups is 3. The number of esters is 2. The SMILES string of the molecule is CC(=O)Oc1c(Cl)cc(C(=O)O)c(Cl)c1OC(C)=O. The maximum atomic E-state index is 11.0. The molecule has 0 aliphatic carbocycles. The third-order valence-corrected chi connectivity index (χ3v) is 2.51. The monoisotopic (exact) mass is 306 g/mol. The highest BCUT2D eigenvalue weighted by atomic mass is 35.5. The van der Waals surface area contributed by atoms with Gasteiger partial charge >= 0.3 is 17.9 Å². The lowest BCUT2D eigenvalue weighted by atomic mass is 10.2. The second-order valence-electron chi connectivity index (χ2n) is 3.37. The van der Waals surface area contributed by atoms with Gasteiger partial charge in [-0.15, -0.1) is 0 Å². The molecule has 1 aromatic carbocycles. The minimum Gasteiger partial charge on any atom is -0.478 e. The number of aromatic carboxylic acids is 1. The summed E-state index contributed by atoms with van der Waals surface area (Å²) < 4.78 is 9.52. The molecular formula is C11H8Cl2O6. The van der Waals surface area contributed by atoms with Gasteiger partial charge in [0.25, 0.3) is 0 Å². The van der Waals surface area contributed by atoms with Crippen molar-refractivity contribution >= 4 is 41.1 Å². The highest BCUT2D eigenvalue weighted by Crippen LogP contribution is 2.43. The van der Waals surface area contributed by atoms with Crippen LogP contribution in [-0.2, 0) is 9.59 Å². The minimum absolute atomic E-state index is 0.215. The highest BCUT2D eigenvalue weighted by Gasteiger charge is 2.24. The zero-order valence-corrected chi connectivity index (χ0v) is 11.3. The Bertz CT molecular complexity index is 567. The molecule has 0 fully saturated rings. The summed E-state index contributed by atoms with van der Waals surface area (Å²) in [5.74, 6) is -3.58. The number of carboxylic acid groups (broad SMARTS) is 1. The quantitative estimate of drug-likeness (QED) is 0.681. The number of halogens is 2. The van der Waals surface area contributed by atoms with Gasteiger partial charge < -0.3 is 14.6 Å². The first-order chi connectivity index (χ1) is 8.73. The number of carbonyl (C=O) groups excluding carboxylic acids is 2. The molecule has 0 spiro atoms. The molecule has 19 heavy (non-hydrogen) atoms. The Hall–Kier alpha value is -1.79. The topological polar surface area (TPSA) is 89.9 Å². The van der Waals surface area contributed by atoms with Gasteiger partial charge in [-0.2, -0.15) is 0 Å². The maximum absolute atomic E-state index is 11.0. The first-order valence-corrected chi connectivity index (χ1v) is 5.61. The van der Waals surface area contributed by atoms with Crippen LogP contribution in [0.4, 0.5) is 0 Å². The van der Waals surface area contributed by atoms with E-state index in [0.29, 0.717) is 0 Å². The van der Waals surface area contributed by atoms with Crippen LogP contribution in [0.3, 0.4) is 0 Å². The molecule has 0 atom stereocenters. The summed E-state index contributed by atoms with van der Waals surface area (Å²) in [5, 5.41) is 8.33. The van der Waals surface area contributed by atoms with E-state index >= 15 is 0 Å². The van der Waals surface area contributed by atoms with E-state index in [2.05, 4.69) is 0 Å². The van der Waals surface area contributed by atoms with E-state index < -0.39 is 23.7 Å². The van der Waals surface area contributed by atoms with E-state index in [1.807, 2.05) is 0 Å². The Morgan fingerprint density at radius 2 is 1.53 bits per heavy atom. The fourth-order valence-corrected chi connectivity index (χ4v) is 1.71. The zero-order valence-electron chi connectivity index (χ0n) is 9.82. The molecular weight excluding hydrogens is 299 g/mol. The van der Waals surface area contributed by atoms with Gasteiger partial charge in [0.1, 0.15) is 5.02 Å². The van der Waals surface area contributed by atoms with Crippen LogP contribution in [-0.4, -0.2) is 23.0 Å². The van der Waals surface area contributed by atoms with Crippen LogP contribution >= 0.6 is 23.2 Å². The van der Waals surface area contributed by atoms with E-state index in [1.165, 1.54) is 0 Å². The number of carboxylic acids is 1. The Kier molecular flexibility index (Phi) is 4.74. The molecule has 0 bridgehead atoms. The van der Waals surface area contributed by atoms with Crippen molar-refractivity contribution in [3.8, 4) is 11.5 Å². The van der Waals surface area contributed by atoms with Crippen LogP contribution in [0, 0.1) is 0 Å². The van der Waals surface area contributed by atoms with E-state index in [9.17, 15) is 14.4 Å². The molecule has 1 aromatic rings. The molecule has 0 heterocycles. The third kappa shape index (κ3) is 3.59. The smallest absolute Gasteiger partial charge is 0.337 e. The Labute approximate surface area is 117 Å². The molecule has 0 saturated carbocycles. The number of rotatable bonds is 3. The normalized spacial score (nSPS) is 9.89. The van der Waals surface area contributed by atoms with Crippen LogP contribution in [0.2, 0.25) is 10.0 Å². The van der Waals surface area contributed by atoms with Gasteiger partial charge in [-0.1, -0.05) is 23.2 Å². The van der Waals surface area contributed by atoms with E-state index in [0.717, 1.165) is 19.9 Å². The average Bonchev–Trinajstić information content (AvgIpc) is 2.26. The Morgan fingerprint density at radius 3 is 1.95 bits per heavy atom. The lowest BCUT2D eigenvalue weighted by Gasteiger charge is -2.13. The summed E-state index contributed by atoms with van der Waals surface area (Å²) in [7, 11) is 0. The largest absolute Gasteiger partial charge is 0.478 e. The third-order valence-electron chi connectivity index (χ3n) is 1.85. The van der Waals surface area contributed by atoms with Crippen LogP contribution < -0.4 is 9.47 Å². The second-order valence-corrected chi connectivity index (χ2v) is 4.16. The molecule has 6 nitrogen and oxygen atoms in total. The Morgan fingerprint density at radius 1 is 1.05 bits per heavy atom. The minimum atomic E-state index is -1.37. The summed E-state index contributed by atoms with van der Waals surface area (Å²) >= 11 is 11.6. The molecule has 0 unspecified atom stereocenters. The van der Waals surface area contributed by atoms with E-state index in [4.69, 9.17) is 37.8 Å². The summed E-state index contributed by atoms with van der Waals surface area (Å²) in [6.07, 6.45) is 0. The molecule has 0 saturated heterocycles. The molecule has 0 aliphatic heterocycles. The summed E-state index contributed by atoms with van der Waals surface area (Å²) in [5.41, 5.74) is -0.376. The van der Waals surface area contributed by atoms with Crippen molar-refractivity contribution in [2.24, 2.45) is 0 Å². The molecule has 8 heteroatoms. The first kappa shape index (κ1) is 15.3. The van der Waals surface area contributed by atoms with Crippen molar-refractivity contribution in [2.75, 3.05) is 0 Å². The van der Waals surface area contributed by atoms with Gasteiger partial charge in [0, 0.05) is 13.8 Å². The zero-order chi connectivity index (χ0) is 14.7. The highest BCUT2D eigenvalue weighted by molar-refractivity contribution is 6.38. The molecule has 1 N–H and O–H groups in total. The van der Waals surface area contributed by atoms with E-state index in [-0.39, 0.29) is 21.4 Å². The van der Waals surface area contributed by atoms with Crippen molar-refractivity contribution in [1.82, 2.24) is 0 Å². The van der Waals surface area contributed by atoms with Crippen LogP contribution in [0.1, 0.15) is 24.2 Å². The summed E-state index contributed by atoms with van der Waals surface area (Å²) in [6.45, 7) is 2.18. The van der Waals surface area contributed by atoms with E-state index in [1.54, 1.807) is 0 Å². The van der Waals surface area contributed by atoms with Gasteiger partial charge in [0.2, 0.25) is 0 Å². The average molecular weight is 307 g/mol. The van der Waals surface area contributed by atoms with Crippen LogP contribution in [0.25, 0.3) is 0 Å². The number of hydrogen-bond acceptors (Lipinski definition) is 5. The second kappa shape index (κ2) is 5.90. The first-order valence-electron chi connectivity index (χ1n) is 4.86. The van der Waals surface area contributed by atoms with Crippen molar-refractivity contribution in [1.29, 1.82) is 0 Å². The number of ether oxygens (including phenoxy) is 2.